The predicted octanol–water partition coefficient (Wildman–Crippen LogP) is 2.44. The smallest absolute Gasteiger partial charge is 0.255 e. The number of H-pyrrole nitrogens is 1. The third-order valence-corrected chi connectivity index (χ3v) is 3.81. The van der Waals surface area contributed by atoms with Gasteiger partial charge in [0, 0.05) is 16.8 Å². The van der Waals surface area contributed by atoms with Gasteiger partial charge in [0.25, 0.3) is 5.56 Å². The van der Waals surface area contributed by atoms with E-state index < -0.39 is 0 Å². The molecule has 6 heteroatoms. The molecule has 0 radical (unpaired) electrons. The average Bonchev–Trinajstić information content (AvgIpc) is 2.66. The summed E-state index contributed by atoms with van der Waals surface area (Å²) in [7, 11) is 0. The van der Waals surface area contributed by atoms with Gasteiger partial charge < -0.3 is 4.98 Å². The second-order valence-corrected chi connectivity index (χ2v) is 5.73. The molecule has 0 aliphatic rings. The number of nitrogens with zero attached hydrogens (tertiary/aromatic N) is 2. The second-order valence-electron chi connectivity index (χ2n) is 5.73. The Labute approximate surface area is 150 Å². The monoisotopic (exact) mass is 346 g/mol. The fourth-order valence-electron chi connectivity index (χ4n) is 2.47. The molecule has 0 saturated heterocycles. The van der Waals surface area contributed by atoms with Crippen molar-refractivity contribution < 1.29 is 4.79 Å². The van der Waals surface area contributed by atoms with Gasteiger partial charge in [0.1, 0.15) is 5.82 Å². The third kappa shape index (κ3) is 4.30. The van der Waals surface area contributed by atoms with E-state index in [0.717, 1.165) is 11.1 Å². The first-order valence-electron chi connectivity index (χ1n) is 8.15. The molecule has 3 aromatic rings. The lowest BCUT2D eigenvalue weighted by Gasteiger charge is -2.07. The van der Waals surface area contributed by atoms with Crippen LogP contribution in [0.5, 0.6) is 0 Å². The summed E-state index contributed by atoms with van der Waals surface area (Å²) in [5.74, 6) is 0.111. The highest BCUT2D eigenvalue weighted by atomic mass is 16.2. The molecule has 2 N–H and O–H groups in total. The number of aromatic nitrogens is 2. The van der Waals surface area contributed by atoms with Gasteiger partial charge in [-0.05, 0) is 12.5 Å². The van der Waals surface area contributed by atoms with Crippen LogP contribution in [-0.2, 0) is 11.2 Å². The summed E-state index contributed by atoms with van der Waals surface area (Å²) < 4.78 is 0. The van der Waals surface area contributed by atoms with E-state index in [4.69, 9.17) is 0 Å². The zero-order chi connectivity index (χ0) is 18.4. The van der Waals surface area contributed by atoms with E-state index in [1.165, 1.54) is 0 Å². The highest BCUT2D eigenvalue weighted by molar-refractivity contribution is 5.83. The van der Waals surface area contributed by atoms with Crippen LogP contribution in [0.3, 0.4) is 0 Å². The minimum Gasteiger partial charge on any atom is -0.306 e. The molecule has 0 unspecified atom stereocenters. The molecular weight excluding hydrogens is 328 g/mol. The van der Waals surface area contributed by atoms with Gasteiger partial charge >= 0.3 is 0 Å². The Hall–Kier alpha value is -3.54. The summed E-state index contributed by atoms with van der Waals surface area (Å²) in [4.78, 5) is 31.6. The molecule has 2 aromatic carbocycles. The van der Waals surface area contributed by atoms with E-state index in [-0.39, 0.29) is 17.9 Å². The molecule has 0 bridgehead atoms. The standard InChI is InChI=1S/C20H18N4O2/c1-14-17(12-18(25)24-21-13-15-8-4-2-5-9-15)20(26)23-19(22-14)16-10-6-3-7-11-16/h2-11,13H,12H2,1H3,(H,24,25)(H,22,23,26). The van der Waals surface area contributed by atoms with Gasteiger partial charge in [0.05, 0.1) is 12.6 Å². The molecule has 26 heavy (non-hydrogen) atoms. The highest BCUT2D eigenvalue weighted by Crippen LogP contribution is 2.13. The first kappa shape index (κ1) is 17.3. The number of carbonyl (C=O) groups is 1. The first-order chi connectivity index (χ1) is 12.6. The highest BCUT2D eigenvalue weighted by Gasteiger charge is 2.13. The van der Waals surface area contributed by atoms with Crippen LogP contribution in [0.4, 0.5) is 0 Å². The average molecular weight is 346 g/mol. The van der Waals surface area contributed by atoms with Crippen molar-refractivity contribution in [2.24, 2.45) is 5.10 Å². The summed E-state index contributed by atoms with van der Waals surface area (Å²) in [6.07, 6.45) is 1.46. The number of hydrazone groups is 1. The van der Waals surface area contributed by atoms with E-state index >= 15 is 0 Å². The van der Waals surface area contributed by atoms with Crippen molar-refractivity contribution in [2.45, 2.75) is 13.3 Å². The maximum Gasteiger partial charge on any atom is 0.255 e. The number of rotatable bonds is 5. The van der Waals surface area contributed by atoms with Crippen molar-refractivity contribution in [1.82, 2.24) is 15.4 Å². The molecule has 3 rings (SSSR count). The van der Waals surface area contributed by atoms with Crippen LogP contribution in [0, 0.1) is 6.92 Å². The van der Waals surface area contributed by atoms with Gasteiger partial charge in [-0.1, -0.05) is 60.7 Å². The summed E-state index contributed by atoms with van der Waals surface area (Å²) in [6.45, 7) is 1.72. The fourth-order valence-corrected chi connectivity index (χ4v) is 2.47. The van der Waals surface area contributed by atoms with E-state index in [2.05, 4.69) is 20.5 Å². The van der Waals surface area contributed by atoms with Crippen molar-refractivity contribution in [1.29, 1.82) is 0 Å². The van der Waals surface area contributed by atoms with Crippen LogP contribution in [0.2, 0.25) is 0 Å². The van der Waals surface area contributed by atoms with Gasteiger partial charge in [0.15, 0.2) is 0 Å². The van der Waals surface area contributed by atoms with Gasteiger partial charge in [-0.15, -0.1) is 0 Å². The molecule has 0 fully saturated rings. The van der Waals surface area contributed by atoms with Crippen molar-refractivity contribution in [3.8, 4) is 11.4 Å². The van der Waals surface area contributed by atoms with Crippen LogP contribution in [0.15, 0.2) is 70.6 Å². The molecule has 0 aliphatic carbocycles. The number of aryl methyl sites for hydroxylation is 1. The predicted molar refractivity (Wildman–Crippen MR) is 101 cm³/mol. The number of aromatic amines is 1. The van der Waals surface area contributed by atoms with Crippen LogP contribution < -0.4 is 11.0 Å². The Morgan fingerprint density at radius 2 is 1.77 bits per heavy atom. The van der Waals surface area contributed by atoms with Crippen molar-refractivity contribution >= 4 is 12.1 Å². The van der Waals surface area contributed by atoms with Crippen molar-refractivity contribution in [3.63, 3.8) is 0 Å². The summed E-state index contributed by atoms with van der Waals surface area (Å²) in [5.41, 5.74) is 4.65. The number of amides is 1. The Morgan fingerprint density at radius 1 is 1.12 bits per heavy atom. The van der Waals surface area contributed by atoms with Crippen LogP contribution >= 0.6 is 0 Å². The molecular formula is C20H18N4O2. The third-order valence-electron chi connectivity index (χ3n) is 3.81. The van der Waals surface area contributed by atoms with Gasteiger partial charge in [-0.2, -0.15) is 5.10 Å². The largest absolute Gasteiger partial charge is 0.306 e. The molecule has 0 saturated carbocycles. The molecule has 1 aromatic heterocycles. The van der Waals surface area contributed by atoms with Gasteiger partial charge in [0.2, 0.25) is 5.91 Å². The molecule has 0 spiro atoms. The first-order valence-corrected chi connectivity index (χ1v) is 8.15. The van der Waals surface area contributed by atoms with Crippen LogP contribution in [0.25, 0.3) is 11.4 Å². The van der Waals surface area contributed by atoms with E-state index in [9.17, 15) is 9.59 Å². The summed E-state index contributed by atoms with van der Waals surface area (Å²) in [6, 6.07) is 18.8. The lowest BCUT2D eigenvalue weighted by Crippen LogP contribution is -2.26. The van der Waals surface area contributed by atoms with Gasteiger partial charge in [-0.25, -0.2) is 10.4 Å². The number of benzene rings is 2. The zero-order valence-electron chi connectivity index (χ0n) is 14.3. The van der Waals surface area contributed by atoms with Crippen LogP contribution in [-0.4, -0.2) is 22.1 Å². The fraction of sp³-hybridized carbons (Fsp3) is 0.100. The second kappa shape index (κ2) is 8.02. The Balaban J connectivity index is 1.71. The Morgan fingerprint density at radius 3 is 2.42 bits per heavy atom. The SMILES string of the molecule is Cc1nc(-c2ccccc2)[nH]c(=O)c1CC(=O)NN=Cc1ccccc1. The lowest BCUT2D eigenvalue weighted by molar-refractivity contribution is -0.120. The van der Waals surface area contributed by atoms with Crippen molar-refractivity contribution in [2.75, 3.05) is 0 Å². The molecule has 0 atom stereocenters. The maximum absolute atomic E-state index is 12.4. The lowest BCUT2D eigenvalue weighted by atomic mass is 10.1. The number of hydrogen-bond acceptors (Lipinski definition) is 4. The molecule has 130 valence electrons. The normalized spacial score (nSPS) is 10.8. The topological polar surface area (TPSA) is 87.2 Å². The molecule has 6 nitrogen and oxygen atoms in total. The Kier molecular flexibility index (Phi) is 5.34. The number of hydrogen-bond donors (Lipinski definition) is 2. The number of nitrogens with one attached hydrogen (secondary N) is 2. The summed E-state index contributed by atoms with van der Waals surface area (Å²) >= 11 is 0. The van der Waals surface area contributed by atoms with E-state index in [1.807, 2.05) is 60.7 Å². The molecule has 1 heterocycles. The summed E-state index contributed by atoms with van der Waals surface area (Å²) in [5, 5.41) is 3.90. The number of carbonyl (C=O) groups excluding carboxylic acids is 1. The zero-order valence-corrected chi connectivity index (χ0v) is 14.3. The van der Waals surface area contributed by atoms with Crippen molar-refractivity contribution in [3.05, 3.63) is 87.8 Å². The minimum atomic E-state index is -0.375. The Bertz CT molecular complexity index is 980. The minimum absolute atomic E-state index is 0.0879. The van der Waals surface area contributed by atoms with Crippen LogP contribution in [0.1, 0.15) is 16.8 Å². The van der Waals surface area contributed by atoms with Gasteiger partial charge in [-0.3, -0.25) is 9.59 Å². The van der Waals surface area contributed by atoms with E-state index in [1.54, 1.807) is 13.1 Å². The maximum atomic E-state index is 12.4. The van der Waals surface area contributed by atoms with E-state index in [0.29, 0.717) is 17.1 Å². The molecule has 1 amide bonds. The molecule has 0 aliphatic heterocycles. The quantitative estimate of drug-likeness (QED) is 0.549.